The average Bonchev–Trinajstić information content (AvgIpc) is 2.49. The third-order valence-corrected chi connectivity index (χ3v) is 3.72. The van der Waals surface area contributed by atoms with Gasteiger partial charge >= 0.3 is 0 Å². The topological polar surface area (TPSA) is 48.5 Å². The Balaban J connectivity index is 1.56. The number of aldehydes is 1. The molecular formula is C15H24N4O. The van der Waals surface area contributed by atoms with Gasteiger partial charge in [-0.15, -0.1) is 0 Å². The molecule has 0 radical (unpaired) electrons. The van der Waals surface area contributed by atoms with Crippen molar-refractivity contribution >= 4 is 6.29 Å². The molecule has 1 aliphatic rings. The SMILES string of the molecule is CN1CCN(CCCNCc2ccc(C=O)nc2)CC1. The minimum atomic E-state index is 0.490. The predicted molar refractivity (Wildman–Crippen MR) is 79.9 cm³/mol. The van der Waals surface area contributed by atoms with E-state index >= 15 is 0 Å². The number of pyridine rings is 1. The van der Waals surface area contributed by atoms with E-state index in [1.165, 1.54) is 39.1 Å². The van der Waals surface area contributed by atoms with Crippen LogP contribution in [0.2, 0.25) is 0 Å². The van der Waals surface area contributed by atoms with Crippen molar-refractivity contribution < 1.29 is 4.79 Å². The van der Waals surface area contributed by atoms with E-state index in [2.05, 4.69) is 27.1 Å². The van der Waals surface area contributed by atoms with Gasteiger partial charge in [0.2, 0.25) is 0 Å². The molecule has 5 nitrogen and oxygen atoms in total. The lowest BCUT2D eigenvalue weighted by molar-refractivity contribution is 0.111. The lowest BCUT2D eigenvalue weighted by Crippen LogP contribution is -2.45. The van der Waals surface area contributed by atoms with Crippen molar-refractivity contribution in [3.05, 3.63) is 29.6 Å². The van der Waals surface area contributed by atoms with Crippen molar-refractivity contribution in [3.8, 4) is 0 Å². The summed E-state index contributed by atoms with van der Waals surface area (Å²) in [5.74, 6) is 0. The molecule has 0 bridgehead atoms. The summed E-state index contributed by atoms with van der Waals surface area (Å²) in [6, 6.07) is 3.71. The largest absolute Gasteiger partial charge is 0.313 e. The van der Waals surface area contributed by atoms with Crippen LogP contribution < -0.4 is 5.32 Å². The fourth-order valence-corrected chi connectivity index (χ4v) is 2.34. The number of carbonyl (C=O) groups is 1. The Kier molecular flexibility index (Phi) is 6.11. The molecule has 0 spiro atoms. The molecule has 1 aromatic heterocycles. The Hall–Kier alpha value is -1.30. The second kappa shape index (κ2) is 8.09. The molecule has 0 amide bonds. The first-order chi connectivity index (χ1) is 9.78. The monoisotopic (exact) mass is 276 g/mol. The van der Waals surface area contributed by atoms with Crippen LogP contribution in [-0.4, -0.2) is 67.4 Å². The lowest BCUT2D eigenvalue weighted by Gasteiger charge is -2.32. The molecule has 1 aliphatic heterocycles. The molecule has 0 atom stereocenters. The Morgan fingerprint density at radius 1 is 1.30 bits per heavy atom. The van der Waals surface area contributed by atoms with Crippen molar-refractivity contribution in [1.29, 1.82) is 0 Å². The zero-order valence-electron chi connectivity index (χ0n) is 12.2. The van der Waals surface area contributed by atoms with Crippen LogP contribution in [0.25, 0.3) is 0 Å². The molecule has 5 heteroatoms. The van der Waals surface area contributed by atoms with Crippen LogP contribution in [0.5, 0.6) is 0 Å². The number of nitrogens with zero attached hydrogens (tertiary/aromatic N) is 3. The highest BCUT2D eigenvalue weighted by molar-refractivity contribution is 5.71. The van der Waals surface area contributed by atoms with Gasteiger partial charge in [-0.1, -0.05) is 6.07 Å². The molecule has 0 saturated carbocycles. The van der Waals surface area contributed by atoms with Crippen LogP contribution >= 0.6 is 0 Å². The number of rotatable bonds is 7. The molecule has 1 N–H and O–H groups in total. The predicted octanol–water partition coefficient (Wildman–Crippen LogP) is 0.621. The molecule has 0 unspecified atom stereocenters. The fourth-order valence-electron chi connectivity index (χ4n) is 2.34. The molecule has 0 aliphatic carbocycles. The van der Waals surface area contributed by atoms with E-state index in [1.807, 2.05) is 6.07 Å². The van der Waals surface area contributed by atoms with Crippen LogP contribution in [-0.2, 0) is 6.54 Å². The maximum Gasteiger partial charge on any atom is 0.168 e. The van der Waals surface area contributed by atoms with E-state index in [9.17, 15) is 4.79 Å². The normalized spacial score (nSPS) is 17.2. The van der Waals surface area contributed by atoms with Crippen LogP contribution in [0.3, 0.4) is 0 Å². The van der Waals surface area contributed by atoms with E-state index in [4.69, 9.17) is 0 Å². The number of carbonyl (C=O) groups excluding carboxylic acids is 1. The molecule has 20 heavy (non-hydrogen) atoms. The Labute approximate surface area is 121 Å². The lowest BCUT2D eigenvalue weighted by atomic mass is 10.2. The number of nitrogens with one attached hydrogen (secondary N) is 1. The quantitative estimate of drug-likeness (QED) is 0.584. The highest BCUT2D eigenvalue weighted by atomic mass is 16.1. The highest BCUT2D eigenvalue weighted by Crippen LogP contribution is 2.00. The second-order valence-electron chi connectivity index (χ2n) is 5.38. The van der Waals surface area contributed by atoms with Gasteiger partial charge in [-0.2, -0.15) is 0 Å². The summed E-state index contributed by atoms with van der Waals surface area (Å²) in [6.07, 6.45) is 3.70. The smallest absolute Gasteiger partial charge is 0.168 e. The summed E-state index contributed by atoms with van der Waals surface area (Å²) >= 11 is 0. The molecular weight excluding hydrogens is 252 g/mol. The van der Waals surface area contributed by atoms with Crippen LogP contribution in [0.1, 0.15) is 22.5 Å². The fraction of sp³-hybridized carbons (Fsp3) is 0.600. The van der Waals surface area contributed by atoms with Gasteiger partial charge in [-0.25, -0.2) is 0 Å². The van der Waals surface area contributed by atoms with Gasteiger partial charge < -0.3 is 15.1 Å². The number of hydrogen-bond acceptors (Lipinski definition) is 5. The first-order valence-corrected chi connectivity index (χ1v) is 7.29. The second-order valence-corrected chi connectivity index (χ2v) is 5.38. The first kappa shape index (κ1) is 15.1. The van der Waals surface area contributed by atoms with Crippen LogP contribution in [0.4, 0.5) is 0 Å². The Morgan fingerprint density at radius 2 is 2.10 bits per heavy atom. The number of likely N-dealkylation sites (N-methyl/N-ethyl adjacent to an activating group) is 1. The van der Waals surface area contributed by atoms with Gasteiger partial charge in [0.15, 0.2) is 6.29 Å². The summed E-state index contributed by atoms with van der Waals surface area (Å²) < 4.78 is 0. The summed E-state index contributed by atoms with van der Waals surface area (Å²) in [5, 5.41) is 3.42. The van der Waals surface area contributed by atoms with Gasteiger partial charge in [0.1, 0.15) is 5.69 Å². The zero-order valence-corrected chi connectivity index (χ0v) is 12.2. The third-order valence-electron chi connectivity index (χ3n) is 3.72. The summed E-state index contributed by atoms with van der Waals surface area (Å²) in [7, 11) is 2.18. The van der Waals surface area contributed by atoms with E-state index in [0.717, 1.165) is 24.9 Å². The van der Waals surface area contributed by atoms with Crippen LogP contribution in [0, 0.1) is 0 Å². The van der Waals surface area contributed by atoms with Gasteiger partial charge in [0.05, 0.1) is 0 Å². The van der Waals surface area contributed by atoms with E-state index in [0.29, 0.717) is 5.69 Å². The Bertz CT molecular complexity index is 399. The molecule has 1 fully saturated rings. The van der Waals surface area contributed by atoms with E-state index < -0.39 is 0 Å². The molecule has 2 heterocycles. The molecule has 2 rings (SSSR count). The zero-order chi connectivity index (χ0) is 14.2. The standard InChI is InChI=1S/C15H24N4O/c1-18-7-9-19(10-8-18)6-2-5-16-11-14-3-4-15(13-20)17-12-14/h3-4,12-13,16H,2,5-11H2,1H3. The van der Waals surface area contributed by atoms with Gasteiger partial charge in [-0.3, -0.25) is 9.78 Å². The van der Waals surface area contributed by atoms with Crippen molar-refractivity contribution in [2.75, 3.05) is 46.3 Å². The Morgan fingerprint density at radius 3 is 2.75 bits per heavy atom. The molecule has 110 valence electrons. The molecule has 1 saturated heterocycles. The van der Waals surface area contributed by atoms with Crippen molar-refractivity contribution in [2.24, 2.45) is 0 Å². The summed E-state index contributed by atoms with van der Waals surface area (Å²) in [5.41, 5.74) is 1.61. The number of piperazine rings is 1. The number of hydrogen-bond donors (Lipinski definition) is 1. The average molecular weight is 276 g/mol. The van der Waals surface area contributed by atoms with Gasteiger partial charge in [-0.05, 0) is 38.2 Å². The minimum Gasteiger partial charge on any atom is -0.313 e. The van der Waals surface area contributed by atoms with Gasteiger partial charge in [0.25, 0.3) is 0 Å². The highest BCUT2D eigenvalue weighted by Gasteiger charge is 2.12. The summed E-state index contributed by atoms with van der Waals surface area (Å²) in [6.45, 7) is 7.74. The van der Waals surface area contributed by atoms with E-state index in [1.54, 1.807) is 12.3 Å². The maximum atomic E-state index is 10.5. The molecule has 1 aromatic rings. The summed E-state index contributed by atoms with van der Waals surface area (Å²) in [4.78, 5) is 19.5. The van der Waals surface area contributed by atoms with Crippen molar-refractivity contribution in [1.82, 2.24) is 20.1 Å². The van der Waals surface area contributed by atoms with Crippen LogP contribution in [0.15, 0.2) is 18.3 Å². The van der Waals surface area contributed by atoms with Crippen molar-refractivity contribution in [3.63, 3.8) is 0 Å². The van der Waals surface area contributed by atoms with Crippen molar-refractivity contribution in [2.45, 2.75) is 13.0 Å². The van der Waals surface area contributed by atoms with E-state index in [-0.39, 0.29) is 0 Å². The van der Waals surface area contributed by atoms with Gasteiger partial charge in [0, 0.05) is 38.9 Å². The minimum absolute atomic E-state index is 0.490. The first-order valence-electron chi connectivity index (χ1n) is 7.29. The third kappa shape index (κ3) is 5.00. The maximum absolute atomic E-state index is 10.5. The molecule has 0 aromatic carbocycles. The number of aromatic nitrogens is 1.